The van der Waals surface area contributed by atoms with Gasteiger partial charge < -0.3 is 19.5 Å². The van der Waals surface area contributed by atoms with E-state index in [0.29, 0.717) is 38.6 Å². The number of benzene rings is 2. The van der Waals surface area contributed by atoms with Gasteiger partial charge in [0.25, 0.3) is 5.91 Å². The summed E-state index contributed by atoms with van der Waals surface area (Å²) in [6.07, 6.45) is 0. The first-order valence-electron chi connectivity index (χ1n) is 9.19. The molecule has 0 spiro atoms. The predicted octanol–water partition coefficient (Wildman–Crippen LogP) is 1.41. The molecule has 1 fully saturated rings. The average molecular weight is 420 g/mol. The van der Waals surface area contributed by atoms with Crippen LogP contribution in [0.2, 0.25) is 0 Å². The highest BCUT2D eigenvalue weighted by atomic mass is 32.2. The van der Waals surface area contributed by atoms with Crippen molar-refractivity contribution < 1.29 is 27.4 Å². The van der Waals surface area contributed by atoms with Crippen LogP contribution >= 0.6 is 0 Å². The van der Waals surface area contributed by atoms with Crippen molar-refractivity contribution in [3.63, 3.8) is 0 Å². The van der Waals surface area contributed by atoms with Crippen LogP contribution in [0.15, 0.2) is 53.4 Å². The van der Waals surface area contributed by atoms with Crippen molar-refractivity contribution in [3.05, 3.63) is 54.1 Å². The van der Waals surface area contributed by atoms with Crippen LogP contribution in [-0.4, -0.2) is 58.7 Å². The highest BCUT2D eigenvalue weighted by molar-refractivity contribution is 7.89. The number of carbonyl (C=O) groups is 1. The van der Waals surface area contributed by atoms with E-state index in [1.165, 1.54) is 16.4 Å². The summed E-state index contributed by atoms with van der Waals surface area (Å²) in [5, 5.41) is 2.77. The zero-order chi connectivity index (χ0) is 20.7. The van der Waals surface area contributed by atoms with Gasteiger partial charge in [0.2, 0.25) is 10.0 Å². The van der Waals surface area contributed by atoms with Gasteiger partial charge in [-0.2, -0.15) is 4.31 Å². The van der Waals surface area contributed by atoms with Crippen molar-refractivity contribution in [3.8, 4) is 11.5 Å². The summed E-state index contributed by atoms with van der Waals surface area (Å²) in [6.45, 7) is 1.66. The number of rotatable bonds is 8. The molecule has 29 heavy (non-hydrogen) atoms. The van der Waals surface area contributed by atoms with E-state index < -0.39 is 10.0 Å². The first-order chi connectivity index (χ1) is 14.0. The van der Waals surface area contributed by atoms with Gasteiger partial charge in [0.05, 0.1) is 25.2 Å². The van der Waals surface area contributed by atoms with Gasteiger partial charge in [-0.1, -0.05) is 12.1 Å². The number of nitrogens with one attached hydrogen (secondary N) is 1. The molecule has 1 aliphatic heterocycles. The van der Waals surface area contributed by atoms with Crippen LogP contribution in [0.25, 0.3) is 0 Å². The molecule has 0 atom stereocenters. The van der Waals surface area contributed by atoms with E-state index in [1.807, 2.05) is 24.3 Å². The van der Waals surface area contributed by atoms with E-state index in [1.54, 1.807) is 19.2 Å². The molecule has 1 heterocycles. The normalized spacial score (nSPS) is 14.9. The second-order valence-electron chi connectivity index (χ2n) is 6.40. The molecule has 0 radical (unpaired) electrons. The molecule has 3 rings (SSSR count). The molecule has 1 aliphatic rings. The SMILES string of the molecule is COc1cccc(CNC(=O)COc2ccc(S(=O)(=O)N3CCOCC3)cc2)c1. The topological polar surface area (TPSA) is 94.2 Å². The largest absolute Gasteiger partial charge is 0.497 e. The van der Waals surface area contributed by atoms with Gasteiger partial charge in [-0.25, -0.2) is 8.42 Å². The number of methoxy groups -OCH3 is 1. The Labute approximate surface area is 170 Å². The van der Waals surface area contributed by atoms with Crippen molar-refractivity contribution in [2.45, 2.75) is 11.4 Å². The molecule has 9 heteroatoms. The lowest BCUT2D eigenvalue weighted by Gasteiger charge is -2.26. The summed E-state index contributed by atoms with van der Waals surface area (Å²) in [4.78, 5) is 12.2. The molecule has 1 N–H and O–H groups in total. The van der Waals surface area contributed by atoms with Crippen LogP contribution in [-0.2, 0) is 26.1 Å². The van der Waals surface area contributed by atoms with Gasteiger partial charge >= 0.3 is 0 Å². The van der Waals surface area contributed by atoms with Crippen LogP contribution in [0.3, 0.4) is 0 Å². The Bertz CT molecular complexity index is 924. The van der Waals surface area contributed by atoms with Crippen molar-refractivity contribution in [1.82, 2.24) is 9.62 Å². The summed E-state index contributed by atoms with van der Waals surface area (Å²) < 4.78 is 42.4. The lowest BCUT2D eigenvalue weighted by atomic mass is 10.2. The molecule has 0 aromatic heterocycles. The van der Waals surface area contributed by atoms with Gasteiger partial charge in [0.15, 0.2) is 6.61 Å². The third-order valence-electron chi connectivity index (χ3n) is 4.43. The van der Waals surface area contributed by atoms with Crippen molar-refractivity contribution in [2.24, 2.45) is 0 Å². The minimum atomic E-state index is -3.55. The molecule has 156 valence electrons. The van der Waals surface area contributed by atoms with E-state index in [9.17, 15) is 13.2 Å². The van der Waals surface area contributed by atoms with Crippen LogP contribution in [0.4, 0.5) is 0 Å². The van der Waals surface area contributed by atoms with E-state index in [0.717, 1.165) is 11.3 Å². The Morgan fingerprint density at radius 1 is 1.10 bits per heavy atom. The lowest BCUT2D eigenvalue weighted by Crippen LogP contribution is -2.40. The van der Waals surface area contributed by atoms with Gasteiger partial charge in [-0.3, -0.25) is 4.79 Å². The van der Waals surface area contributed by atoms with Crippen molar-refractivity contribution in [1.29, 1.82) is 0 Å². The number of nitrogens with zero attached hydrogens (tertiary/aromatic N) is 1. The number of ether oxygens (including phenoxy) is 3. The third-order valence-corrected chi connectivity index (χ3v) is 6.34. The zero-order valence-electron chi connectivity index (χ0n) is 16.2. The summed E-state index contributed by atoms with van der Waals surface area (Å²) in [5.41, 5.74) is 0.912. The summed E-state index contributed by atoms with van der Waals surface area (Å²) in [7, 11) is -1.96. The van der Waals surface area contributed by atoms with E-state index in [-0.39, 0.29) is 17.4 Å². The van der Waals surface area contributed by atoms with Gasteiger partial charge in [-0.15, -0.1) is 0 Å². The number of carbonyl (C=O) groups excluding carboxylic acids is 1. The molecule has 2 aromatic carbocycles. The highest BCUT2D eigenvalue weighted by Crippen LogP contribution is 2.20. The fraction of sp³-hybridized carbons (Fsp3) is 0.350. The maximum atomic E-state index is 12.6. The van der Waals surface area contributed by atoms with Gasteiger partial charge in [-0.05, 0) is 42.0 Å². The second-order valence-corrected chi connectivity index (χ2v) is 8.34. The van der Waals surface area contributed by atoms with E-state index in [2.05, 4.69) is 5.32 Å². The Morgan fingerprint density at radius 3 is 2.52 bits per heavy atom. The Kier molecular flexibility index (Phi) is 7.08. The fourth-order valence-corrected chi connectivity index (χ4v) is 4.23. The molecule has 8 nitrogen and oxygen atoms in total. The molecule has 1 saturated heterocycles. The average Bonchev–Trinajstić information content (AvgIpc) is 2.77. The number of sulfonamides is 1. The molecular weight excluding hydrogens is 396 g/mol. The van der Waals surface area contributed by atoms with Crippen LogP contribution < -0.4 is 14.8 Å². The predicted molar refractivity (Wildman–Crippen MR) is 106 cm³/mol. The van der Waals surface area contributed by atoms with Crippen LogP contribution in [0, 0.1) is 0 Å². The molecule has 2 aromatic rings. The molecule has 1 amide bonds. The highest BCUT2D eigenvalue weighted by Gasteiger charge is 2.26. The lowest BCUT2D eigenvalue weighted by molar-refractivity contribution is -0.123. The van der Waals surface area contributed by atoms with Gasteiger partial charge in [0, 0.05) is 19.6 Å². The van der Waals surface area contributed by atoms with Crippen molar-refractivity contribution in [2.75, 3.05) is 40.0 Å². The maximum Gasteiger partial charge on any atom is 0.258 e. The smallest absolute Gasteiger partial charge is 0.258 e. The number of hydrogen-bond donors (Lipinski definition) is 1. The molecule has 0 saturated carbocycles. The number of hydrogen-bond acceptors (Lipinski definition) is 6. The number of morpholine rings is 1. The first kappa shape index (κ1) is 21.1. The first-order valence-corrected chi connectivity index (χ1v) is 10.6. The quantitative estimate of drug-likeness (QED) is 0.694. The van der Waals surface area contributed by atoms with Crippen molar-refractivity contribution >= 4 is 15.9 Å². The Balaban J connectivity index is 1.50. The molecule has 0 aliphatic carbocycles. The zero-order valence-corrected chi connectivity index (χ0v) is 17.0. The Hall–Kier alpha value is -2.62. The fourth-order valence-electron chi connectivity index (χ4n) is 2.83. The molecule has 0 unspecified atom stereocenters. The maximum absolute atomic E-state index is 12.6. The van der Waals surface area contributed by atoms with Crippen LogP contribution in [0.5, 0.6) is 11.5 Å². The van der Waals surface area contributed by atoms with Crippen LogP contribution in [0.1, 0.15) is 5.56 Å². The number of amides is 1. The van der Waals surface area contributed by atoms with E-state index >= 15 is 0 Å². The minimum absolute atomic E-state index is 0.167. The summed E-state index contributed by atoms with van der Waals surface area (Å²) >= 11 is 0. The standard InChI is InChI=1S/C20H24N2O6S/c1-26-18-4-2-3-16(13-18)14-21-20(23)15-28-17-5-7-19(8-6-17)29(24,25)22-9-11-27-12-10-22/h2-8,13H,9-12,14-15H2,1H3,(H,21,23). The monoisotopic (exact) mass is 420 g/mol. The summed E-state index contributed by atoms with van der Waals surface area (Å²) in [6, 6.07) is 13.5. The Morgan fingerprint density at radius 2 is 1.83 bits per heavy atom. The third kappa shape index (κ3) is 5.69. The molecular formula is C20H24N2O6S. The molecule has 0 bridgehead atoms. The summed E-state index contributed by atoms with van der Waals surface area (Å²) in [5.74, 6) is 0.861. The second kappa shape index (κ2) is 9.73. The van der Waals surface area contributed by atoms with E-state index in [4.69, 9.17) is 14.2 Å². The minimum Gasteiger partial charge on any atom is -0.497 e. The van der Waals surface area contributed by atoms with Gasteiger partial charge in [0.1, 0.15) is 11.5 Å².